The molecule has 0 saturated heterocycles. The average molecular weight is 219 g/mol. The fourth-order valence-electron chi connectivity index (χ4n) is 1.60. The Morgan fingerprint density at radius 2 is 1.88 bits per heavy atom. The van der Waals surface area contributed by atoms with Gasteiger partial charge in [-0.3, -0.25) is 9.59 Å². The predicted octanol–water partition coefficient (Wildman–Crippen LogP) is 1.63. The summed E-state index contributed by atoms with van der Waals surface area (Å²) in [5.41, 5.74) is 2.23. The SMILES string of the molecule is CC(=O)NC(Cc1ccccc1C)C(C)=O. The number of ketones is 1. The number of carbonyl (C=O) groups is 2. The molecule has 1 aromatic rings. The van der Waals surface area contributed by atoms with E-state index < -0.39 is 6.04 Å². The van der Waals surface area contributed by atoms with Gasteiger partial charge in [0, 0.05) is 6.92 Å². The molecule has 0 aliphatic carbocycles. The van der Waals surface area contributed by atoms with Crippen molar-refractivity contribution in [3.63, 3.8) is 0 Å². The van der Waals surface area contributed by atoms with Crippen LogP contribution in [-0.4, -0.2) is 17.7 Å². The van der Waals surface area contributed by atoms with E-state index in [-0.39, 0.29) is 11.7 Å². The zero-order valence-electron chi connectivity index (χ0n) is 9.91. The third-order valence-corrected chi connectivity index (χ3v) is 2.55. The van der Waals surface area contributed by atoms with Crippen molar-refractivity contribution in [3.05, 3.63) is 35.4 Å². The molecule has 0 aliphatic heterocycles. The molecule has 16 heavy (non-hydrogen) atoms. The lowest BCUT2D eigenvalue weighted by Gasteiger charge is -2.15. The summed E-state index contributed by atoms with van der Waals surface area (Å²) in [6.45, 7) is 4.92. The van der Waals surface area contributed by atoms with Crippen molar-refractivity contribution in [1.82, 2.24) is 5.32 Å². The van der Waals surface area contributed by atoms with E-state index in [0.717, 1.165) is 11.1 Å². The Kier molecular flexibility index (Phi) is 4.23. The van der Waals surface area contributed by atoms with Gasteiger partial charge in [-0.05, 0) is 31.4 Å². The van der Waals surface area contributed by atoms with E-state index >= 15 is 0 Å². The molecule has 1 amide bonds. The number of aryl methyl sites for hydroxylation is 1. The first kappa shape index (κ1) is 12.4. The second-order valence-corrected chi connectivity index (χ2v) is 3.99. The van der Waals surface area contributed by atoms with Gasteiger partial charge in [-0.2, -0.15) is 0 Å². The van der Waals surface area contributed by atoms with Crippen LogP contribution < -0.4 is 5.32 Å². The van der Waals surface area contributed by atoms with Crippen molar-refractivity contribution in [1.29, 1.82) is 0 Å². The summed E-state index contributed by atoms with van der Waals surface area (Å²) in [7, 11) is 0. The summed E-state index contributed by atoms with van der Waals surface area (Å²) in [5.74, 6) is -0.188. The second kappa shape index (κ2) is 5.45. The van der Waals surface area contributed by atoms with Crippen LogP contribution in [0.5, 0.6) is 0 Å². The Hall–Kier alpha value is -1.64. The monoisotopic (exact) mass is 219 g/mol. The Balaban J connectivity index is 2.80. The van der Waals surface area contributed by atoms with Gasteiger partial charge in [-0.1, -0.05) is 24.3 Å². The lowest BCUT2D eigenvalue weighted by Crippen LogP contribution is -2.40. The summed E-state index contributed by atoms with van der Waals surface area (Å²) in [5, 5.41) is 2.67. The van der Waals surface area contributed by atoms with Crippen LogP contribution >= 0.6 is 0 Å². The van der Waals surface area contributed by atoms with Crippen LogP contribution in [0, 0.1) is 6.92 Å². The largest absolute Gasteiger partial charge is 0.346 e. The van der Waals surface area contributed by atoms with Gasteiger partial charge in [0.05, 0.1) is 6.04 Å². The topological polar surface area (TPSA) is 46.2 Å². The predicted molar refractivity (Wildman–Crippen MR) is 63.2 cm³/mol. The lowest BCUT2D eigenvalue weighted by atomic mass is 9.99. The van der Waals surface area contributed by atoms with E-state index in [0.29, 0.717) is 6.42 Å². The van der Waals surface area contributed by atoms with Crippen molar-refractivity contribution in [2.75, 3.05) is 0 Å². The third-order valence-electron chi connectivity index (χ3n) is 2.55. The average Bonchev–Trinajstić information content (AvgIpc) is 2.19. The Morgan fingerprint density at radius 1 is 1.25 bits per heavy atom. The van der Waals surface area contributed by atoms with Crippen LogP contribution in [0.1, 0.15) is 25.0 Å². The molecule has 0 bridgehead atoms. The minimum atomic E-state index is -0.418. The third kappa shape index (κ3) is 3.50. The van der Waals surface area contributed by atoms with Crippen LogP contribution in [0.4, 0.5) is 0 Å². The molecular weight excluding hydrogens is 202 g/mol. The van der Waals surface area contributed by atoms with E-state index in [9.17, 15) is 9.59 Å². The van der Waals surface area contributed by atoms with E-state index in [1.165, 1.54) is 13.8 Å². The van der Waals surface area contributed by atoms with Crippen LogP contribution in [0.3, 0.4) is 0 Å². The molecule has 3 nitrogen and oxygen atoms in total. The van der Waals surface area contributed by atoms with Gasteiger partial charge in [0.2, 0.25) is 5.91 Å². The molecule has 1 unspecified atom stereocenters. The molecule has 1 N–H and O–H groups in total. The standard InChI is InChI=1S/C13H17NO2/c1-9-6-4-5-7-12(9)8-13(10(2)15)14-11(3)16/h4-7,13H,8H2,1-3H3,(H,14,16). The lowest BCUT2D eigenvalue weighted by molar-refractivity contribution is -0.125. The number of Topliss-reactive ketones (excluding diaryl/α,β-unsaturated/α-hetero) is 1. The zero-order valence-corrected chi connectivity index (χ0v) is 9.91. The molecular formula is C13H17NO2. The van der Waals surface area contributed by atoms with Crippen LogP contribution in [0.25, 0.3) is 0 Å². The molecule has 0 fully saturated rings. The molecule has 0 aromatic heterocycles. The van der Waals surface area contributed by atoms with Crippen molar-refractivity contribution < 1.29 is 9.59 Å². The molecule has 1 rings (SSSR count). The van der Waals surface area contributed by atoms with E-state index in [1.807, 2.05) is 31.2 Å². The highest BCUT2D eigenvalue weighted by molar-refractivity contribution is 5.86. The Morgan fingerprint density at radius 3 is 2.38 bits per heavy atom. The summed E-state index contributed by atoms with van der Waals surface area (Å²) in [4.78, 5) is 22.4. The Bertz CT molecular complexity index is 399. The highest BCUT2D eigenvalue weighted by Crippen LogP contribution is 2.10. The summed E-state index contributed by atoms with van der Waals surface area (Å²) in [6.07, 6.45) is 0.557. The maximum absolute atomic E-state index is 11.4. The molecule has 86 valence electrons. The maximum atomic E-state index is 11.4. The first-order chi connectivity index (χ1) is 7.50. The van der Waals surface area contributed by atoms with Gasteiger partial charge >= 0.3 is 0 Å². The van der Waals surface area contributed by atoms with Crippen molar-refractivity contribution in [2.45, 2.75) is 33.2 Å². The first-order valence-corrected chi connectivity index (χ1v) is 5.32. The molecule has 0 aliphatic rings. The molecule has 3 heteroatoms. The highest BCUT2D eigenvalue weighted by atomic mass is 16.2. The van der Waals surface area contributed by atoms with E-state index in [1.54, 1.807) is 0 Å². The summed E-state index contributed by atoms with van der Waals surface area (Å²) in [6, 6.07) is 7.46. The fraction of sp³-hybridized carbons (Fsp3) is 0.385. The number of hydrogen-bond acceptors (Lipinski definition) is 2. The number of amides is 1. The normalized spacial score (nSPS) is 11.9. The van der Waals surface area contributed by atoms with Gasteiger partial charge in [0.15, 0.2) is 5.78 Å². The zero-order chi connectivity index (χ0) is 12.1. The van der Waals surface area contributed by atoms with Crippen molar-refractivity contribution in [3.8, 4) is 0 Å². The van der Waals surface area contributed by atoms with Gasteiger partial charge in [0.1, 0.15) is 0 Å². The number of rotatable bonds is 4. The summed E-state index contributed by atoms with van der Waals surface area (Å²) < 4.78 is 0. The van der Waals surface area contributed by atoms with Gasteiger partial charge in [0.25, 0.3) is 0 Å². The molecule has 1 atom stereocenters. The minimum absolute atomic E-state index is 0.0153. The molecule has 0 radical (unpaired) electrons. The molecule has 0 saturated carbocycles. The summed E-state index contributed by atoms with van der Waals surface area (Å²) >= 11 is 0. The number of benzene rings is 1. The second-order valence-electron chi connectivity index (χ2n) is 3.99. The highest BCUT2D eigenvalue weighted by Gasteiger charge is 2.16. The number of hydrogen-bond donors (Lipinski definition) is 1. The fourth-order valence-corrected chi connectivity index (χ4v) is 1.60. The van der Waals surface area contributed by atoms with Crippen LogP contribution in [0.2, 0.25) is 0 Å². The van der Waals surface area contributed by atoms with Crippen LogP contribution in [-0.2, 0) is 16.0 Å². The van der Waals surface area contributed by atoms with Crippen molar-refractivity contribution in [2.24, 2.45) is 0 Å². The number of carbonyl (C=O) groups excluding carboxylic acids is 2. The first-order valence-electron chi connectivity index (χ1n) is 5.32. The molecule has 1 aromatic carbocycles. The maximum Gasteiger partial charge on any atom is 0.217 e. The quantitative estimate of drug-likeness (QED) is 0.836. The number of nitrogens with one attached hydrogen (secondary N) is 1. The van der Waals surface area contributed by atoms with E-state index in [4.69, 9.17) is 0 Å². The minimum Gasteiger partial charge on any atom is -0.346 e. The smallest absolute Gasteiger partial charge is 0.217 e. The Labute approximate surface area is 95.9 Å². The van der Waals surface area contributed by atoms with E-state index in [2.05, 4.69) is 5.32 Å². The van der Waals surface area contributed by atoms with Gasteiger partial charge in [-0.25, -0.2) is 0 Å². The van der Waals surface area contributed by atoms with Gasteiger partial charge in [-0.15, -0.1) is 0 Å². The van der Waals surface area contributed by atoms with Crippen molar-refractivity contribution >= 4 is 11.7 Å². The van der Waals surface area contributed by atoms with Gasteiger partial charge < -0.3 is 5.32 Å². The molecule has 0 spiro atoms. The molecule has 0 heterocycles. The van der Waals surface area contributed by atoms with Crippen LogP contribution in [0.15, 0.2) is 24.3 Å².